The minimum Gasteiger partial charge on any atom is -0.351 e. The van der Waals surface area contributed by atoms with E-state index < -0.39 is 0 Å². The van der Waals surface area contributed by atoms with E-state index in [1.54, 1.807) is 4.68 Å². The number of hydrogen-bond acceptors (Lipinski definition) is 3. The Morgan fingerprint density at radius 3 is 2.45 bits per heavy atom. The van der Waals surface area contributed by atoms with Crippen molar-refractivity contribution >= 4 is 16.8 Å². The Kier molecular flexibility index (Phi) is 4.24. The summed E-state index contributed by atoms with van der Waals surface area (Å²) in [6.45, 7) is 2.80. The minimum absolute atomic E-state index is 0.0251. The lowest BCUT2D eigenvalue weighted by Crippen LogP contribution is -2.51. The van der Waals surface area contributed by atoms with Crippen LogP contribution in [0.2, 0.25) is 0 Å². The summed E-state index contributed by atoms with van der Waals surface area (Å²) >= 11 is 0. The van der Waals surface area contributed by atoms with Gasteiger partial charge in [-0.3, -0.25) is 9.48 Å². The molecule has 2 heterocycles. The van der Waals surface area contributed by atoms with Crippen molar-refractivity contribution in [3.05, 3.63) is 47.8 Å². The van der Waals surface area contributed by atoms with Gasteiger partial charge in [-0.1, -0.05) is 18.2 Å². The summed E-state index contributed by atoms with van der Waals surface area (Å²) < 4.78 is 1.80. The zero-order valence-corrected chi connectivity index (χ0v) is 18.4. The van der Waals surface area contributed by atoms with Gasteiger partial charge >= 0.3 is 0 Å². The van der Waals surface area contributed by atoms with Gasteiger partial charge in [0, 0.05) is 30.7 Å². The van der Waals surface area contributed by atoms with Crippen molar-refractivity contribution in [2.75, 3.05) is 6.54 Å². The molecule has 4 aliphatic carbocycles. The first-order chi connectivity index (χ1) is 15.0. The van der Waals surface area contributed by atoms with Crippen LogP contribution in [0.15, 0.2) is 36.5 Å². The van der Waals surface area contributed by atoms with Crippen molar-refractivity contribution in [3.8, 4) is 11.3 Å². The number of carbonyl (C=O) groups is 1. The number of benzene rings is 1. The molecule has 0 atom stereocenters. The predicted octanol–water partition coefficient (Wildman–Crippen LogP) is 4.89. The molecule has 0 saturated heterocycles. The molecular formula is C26H30N4O. The quantitative estimate of drug-likeness (QED) is 0.661. The maximum atomic E-state index is 13.5. The van der Waals surface area contributed by atoms with Crippen LogP contribution in [0, 0.1) is 30.1 Å². The van der Waals surface area contributed by atoms with Gasteiger partial charge in [-0.2, -0.15) is 5.10 Å². The monoisotopic (exact) mass is 414 g/mol. The molecule has 4 bridgehead atoms. The molecule has 160 valence electrons. The number of carbonyl (C=O) groups excluding carboxylic acids is 1. The lowest BCUT2D eigenvalue weighted by Gasteiger charge is -2.56. The summed E-state index contributed by atoms with van der Waals surface area (Å²) in [5, 5.41) is 8.73. The molecular weight excluding hydrogens is 384 g/mol. The normalized spacial score (nSPS) is 28.9. The zero-order chi connectivity index (χ0) is 21.2. The smallest absolute Gasteiger partial charge is 0.252 e. The highest BCUT2D eigenvalue weighted by Gasteiger charge is 2.50. The molecule has 4 saturated carbocycles. The molecule has 7 rings (SSSR count). The van der Waals surface area contributed by atoms with Crippen molar-refractivity contribution in [3.63, 3.8) is 0 Å². The summed E-state index contributed by atoms with van der Waals surface area (Å²) in [4.78, 5) is 18.3. The third-order valence-corrected chi connectivity index (χ3v) is 8.04. The van der Waals surface area contributed by atoms with Crippen LogP contribution < -0.4 is 5.32 Å². The van der Waals surface area contributed by atoms with Crippen LogP contribution in [-0.4, -0.2) is 27.2 Å². The SMILES string of the molecule is Cc1nn(C)cc1-c1cc(C(=O)NCC23CC4CC(CC(C4)C2)C3)c2ccccc2n1. The maximum Gasteiger partial charge on any atom is 0.252 e. The minimum atomic E-state index is 0.0251. The molecule has 3 aromatic rings. The first-order valence-electron chi connectivity index (χ1n) is 11.7. The topological polar surface area (TPSA) is 59.8 Å². The Hall–Kier alpha value is -2.69. The van der Waals surface area contributed by atoms with Gasteiger partial charge in [0.1, 0.15) is 0 Å². The van der Waals surface area contributed by atoms with Gasteiger partial charge in [-0.05, 0) is 80.8 Å². The van der Waals surface area contributed by atoms with Crippen molar-refractivity contribution < 1.29 is 4.79 Å². The number of pyridine rings is 1. The van der Waals surface area contributed by atoms with Crippen LogP contribution in [0.1, 0.15) is 54.6 Å². The average Bonchev–Trinajstić information content (AvgIpc) is 3.08. The Labute approximate surface area is 183 Å². The molecule has 1 amide bonds. The number of amides is 1. The van der Waals surface area contributed by atoms with Gasteiger partial charge in [0.25, 0.3) is 5.91 Å². The summed E-state index contributed by atoms with van der Waals surface area (Å²) in [7, 11) is 1.91. The van der Waals surface area contributed by atoms with E-state index in [0.29, 0.717) is 11.0 Å². The fourth-order valence-corrected chi connectivity index (χ4v) is 7.22. The molecule has 2 aromatic heterocycles. The second-order valence-electron chi connectivity index (χ2n) is 10.5. The predicted molar refractivity (Wildman–Crippen MR) is 122 cm³/mol. The number of para-hydroxylation sites is 1. The van der Waals surface area contributed by atoms with E-state index in [1.165, 1.54) is 38.5 Å². The van der Waals surface area contributed by atoms with Gasteiger partial charge in [0.2, 0.25) is 0 Å². The van der Waals surface area contributed by atoms with E-state index >= 15 is 0 Å². The first kappa shape index (κ1) is 19.0. The van der Waals surface area contributed by atoms with E-state index in [-0.39, 0.29) is 5.91 Å². The van der Waals surface area contributed by atoms with Crippen molar-refractivity contribution in [1.82, 2.24) is 20.1 Å². The highest BCUT2D eigenvalue weighted by molar-refractivity contribution is 6.07. The lowest BCUT2D eigenvalue weighted by atomic mass is 9.49. The Balaban J connectivity index is 1.32. The van der Waals surface area contributed by atoms with Gasteiger partial charge in [0.15, 0.2) is 0 Å². The largest absolute Gasteiger partial charge is 0.351 e. The van der Waals surface area contributed by atoms with Crippen molar-refractivity contribution in [1.29, 1.82) is 0 Å². The molecule has 0 unspecified atom stereocenters. The zero-order valence-electron chi connectivity index (χ0n) is 18.4. The first-order valence-corrected chi connectivity index (χ1v) is 11.7. The summed E-state index contributed by atoms with van der Waals surface area (Å²) in [6.07, 6.45) is 10.2. The van der Waals surface area contributed by atoms with E-state index in [9.17, 15) is 4.79 Å². The van der Waals surface area contributed by atoms with Crippen LogP contribution in [0.3, 0.4) is 0 Å². The fraction of sp³-hybridized carbons (Fsp3) is 0.500. The van der Waals surface area contributed by atoms with Gasteiger partial charge < -0.3 is 5.32 Å². The third-order valence-electron chi connectivity index (χ3n) is 8.04. The highest BCUT2D eigenvalue weighted by atomic mass is 16.1. The Bertz CT molecular complexity index is 1140. The van der Waals surface area contributed by atoms with Crippen LogP contribution in [0.25, 0.3) is 22.2 Å². The molecule has 0 radical (unpaired) electrons. The number of aryl methyl sites for hydroxylation is 2. The van der Waals surface area contributed by atoms with Crippen molar-refractivity contribution in [2.24, 2.45) is 30.2 Å². The molecule has 4 fully saturated rings. The lowest BCUT2D eigenvalue weighted by molar-refractivity contribution is -0.0503. The number of aromatic nitrogens is 3. The molecule has 1 aromatic carbocycles. The Morgan fingerprint density at radius 1 is 1.13 bits per heavy atom. The average molecular weight is 415 g/mol. The molecule has 0 spiro atoms. The molecule has 4 aliphatic rings. The van der Waals surface area contributed by atoms with Crippen LogP contribution in [0.5, 0.6) is 0 Å². The summed E-state index contributed by atoms with van der Waals surface area (Å²) in [5.41, 5.74) is 4.60. The molecule has 5 nitrogen and oxygen atoms in total. The van der Waals surface area contributed by atoms with E-state index in [1.807, 2.05) is 50.5 Å². The third kappa shape index (κ3) is 3.26. The fourth-order valence-electron chi connectivity index (χ4n) is 7.22. The van der Waals surface area contributed by atoms with E-state index in [2.05, 4.69) is 10.4 Å². The second-order valence-corrected chi connectivity index (χ2v) is 10.5. The molecule has 5 heteroatoms. The number of nitrogens with zero attached hydrogens (tertiary/aromatic N) is 3. The number of hydrogen-bond donors (Lipinski definition) is 1. The number of rotatable bonds is 4. The maximum absolute atomic E-state index is 13.5. The second kappa shape index (κ2) is 6.91. The summed E-state index contributed by atoms with van der Waals surface area (Å²) in [5.74, 6) is 2.71. The van der Waals surface area contributed by atoms with E-state index in [0.717, 1.165) is 52.2 Å². The number of fused-ring (bicyclic) bond motifs is 1. The van der Waals surface area contributed by atoms with E-state index in [4.69, 9.17) is 4.98 Å². The van der Waals surface area contributed by atoms with Gasteiger partial charge in [0.05, 0.1) is 22.5 Å². The van der Waals surface area contributed by atoms with Crippen molar-refractivity contribution in [2.45, 2.75) is 45.4 Å². The summed E-state index contributed by atoms with van der Waals surface area (Å²) in [6, 6.07) is 9.89. The molecule has 31 heavy (non-hydrogen) atoms. The number of nitrogens with one attached hydrogen (secondary N) is 1. The molecule has 0 aliphatic heterocycles. The van der Waals surface area contributed by atoms with Crippen LogP contribution in [-0.2, 0) is 7.05 Å². The molecule has 1 N–H and O–H groups in total. The van der Waals surface area contributed by atoms with Crippen LogP contribution in [0.4, 0.5) is 0 Å². The van der Waals surface area contributed by atoms with Gasteiger partial charge in [-0.15, -0.1) is 0 Å². The van der Waals surface area contributed by atoms with Crippen LogP contribution >= 0.6 is 0 Å². The Morgan fingerprint density at radius 2 is 1.81 bits per heavy atom. The standard InChI is InChI=1S/C26H30N4O/c1-16-22(14-30(2)29-16)24-10-21(20-5-3-4-6-23(20)28-24)25(31)27-15-26-11-17-7-18(12-26)9-19(8-17)13-26/h3-6,10,14,17-19H,7-9,11-13,15H2,1-2H3,(H,27,31). The van der Waals surface area contributed by atoms with Gasteiger partial charge in [-0.25, -0.2) is 4.98 Å². The highest BCUT2D eigenvalue weighted by Crippen LogP contribution is 2.59.